The van der Waals surface area contributed by atoms with Gasteiger partial charge in [0.05, 0.1) is 5.41 Å². The summed E-state index contributed by atoms with van der Waals surface area (Å²) in [4.78, 5) is 24.3. The van der Waals surface area contributed by atoms with Gasteiger partial charge in [0.2, 0.25) is 0 Å². The normalized spacial score (nSPS) is 30.0. The molecule has 2 aliphatic rings. The van der Waals surface area contributed by atoms with Gasteiger partial charge in [0.15, 0.2) is 0 Å². The fourth-order valence-corrected chi connectivity index (χ4v) is 3.73. The molecule has 3 rings (SSSR count). The fraction of sp³-hybridized carbons (Fsp3) is 0.643. The Balaban J connectivity index is 1.87. The zero-order valence-corrected chi connectivity index (χ0v) is 12.2. The van der Waals surface area contributed by atoms with E-state index in [-0.39, 0.29) is 6.04 Å². The Morgan fingerprint density at radius 2 is 2.24 bits per heavy atom. The van der Waals surface area contributed by atoms with Gasteiger partial charge < -0.3 is 20.6 Å². The minimum absolute atomic E-state index is 0.00805. The van der Waals surface area contributed by atoms with E-state index in [2.05, 4.69) is 19.8 Å². The number of nitrogens with two attached hydrogens (primary N) is 1. The predicted molar refractivity (Wildman–Crippen MR) is 79.0 cm³/mol. The second-order valence-corrected chi connectivity index (χ2v) is 6.06. The number of anilines is 2. The van der Waals surface area contributed by atoms with E-state index >= 15 is 0 Å². The number of nitrogens with zero attached hydrogens (tertiary/aromatic N) is 4. The molecule has 0 radical (unpaired) electrons. The van der Waals surface area contributed by atoms with Crippen LogP contribution in [0.3, 0.4) is 0 Å². The summed E-state index contributed by atoms with van der Waals surface area (Å²) >= 11 is 0. The molecule has 0 bridgehead atoms. The molecule has 21 heavy (non-hydrogen) atoms. The summed E-state index contributed by atoms with van der Waals surface area (Å²) in [5.41, 5.74) is 5.09. The highest BCUT2D eigenvalue weighted by Crippen LogP contribution is 2.42. The molecule has 2 atom stereocenters. The summed E-state index contributed by atoms with van der Waals surface area (Å²) in [5, 5.41) is 9.75. The smallest absolute Gasteiger partial charge is 0.311 e. The van der Waals surface area contributed by atoms with E-state index < -0.39 is 11.4 Å². The van der Waals surface area contributed by atoms with Gasteiger partial charge in [-0.3, -0.25) is 4.79 Å². The molecule has 0 saturated carbocycles. The number of nitrogen functional groups attached to an aromatic ring is 1. The largest absolute Gasteiger partial charge is 0.481 e. The molecule has 7 nitrogen and oxygen atoms in total. The van der Waals surface area contributed by atoms with Crippen molar-refractivity contribution in [2.75, 3.05) is 37.3 Å². The number of piperidine rings is 2. The molecule has 0 aromatic carbocycles. The number of aromatic nitrogens is 2. The van der Waals surface area contributed by atoms with E-state index in [0.29, 0.717) is 25.3 Å². The molecule has 0 spiro atoms. The van der Waals surface area contributed by atoms with E-state index in [4.69, 9.17) is 5.73 Å². The third kappa shape index (κ3) is 2.31. The maximum absolute atomic E-state index is 11.9. The van der Waals surface area contributed by atoms with Gasteiger partial charge >= 0.3 is 5.97 Å². The average molecular weight is 291 g/mol. The van der Waals surface area contributed by atoms with Crippen molar-refractivity contribution in [2.45, 2.75) is 25.3 Å². The van der Waals surface area contributed by atoms with Crippen LogP contribution in [0.1, 0.15) is 19.3 Å². The first-order valence-corrected chi connectivity index (χ1v) is 7.29. The fourth-order valence-electron chi connectivity index (χ4n) is 3.73. The lowest BCUT2D eigenvalue weighted by Crippen LogP contribution is -2.63. The number of fused-ring (bicyclic) bond motifs is 1. The molecule has 114 valence electrons. The van der Waals surface area contributed by atoms with Gasteiger partial charge in [0, 0.05) is 25.2 Å². The first kappa shape index (κ1) is 14.1. The van der Waals surface area contributed by atoms with Crippen LogP contribution in [0.15, 0.2) is 12.4 Å². The van der Waals surface area contributed by atoms with Crippen LogP contribution in [-0.4, -0.2) is 58.7 Å². The summed E-state index contributed by atoms with van der Waals surface area (Å²) in [6.45, 7) is 2.30. The van der Waals surface area contributed by atoms with Crippen LogP contribution in [-0.2, 0) is 4.79 Å². The molecule has 1 aromatic rings. The molecular weight excluding hydrogens is 270 g/mol. The van der Waals surface area contributed by atoms with Gasteiger partial charge in [-0.15, -0.1) is 0 Å². The lowest BCUT2D eigenvalue weighted by atomic mass is 9.68. The minimum atomic E-state index is -0.666. The molecule has 0 amide bonds. The molecular formula is C14H21N5O2. The summed E-state index contributed by atoms with van der Waals surface area (Å²) in [5.74, 6) is 0.549. The number of likely N-dealkylation sites (N-methyl/N-ethyl adjacent to an activating group) is 1. The van der Waals surface area contributed by atoms with Crippen molar-refractivity contribution in [3.05, 3.63) is 12.4 Å². The molecule has 2 aliphatic heterocycles. The Hall–Kier alpha value is -1.89. The maximum Gasteiger partial charge on any atom is 0.311 e. The van der Waals surface area contributed by atoms with Gasteiger partial charge in [-0.25, -0.2) is 9.97 Å². The van der Waals surface area contributed by atoms with Gasteiger partial charge in [-0.2, -0.15) is 0 Å². The van der Waals surface area contributed by atoms with E-state index in [1.54, 1.807) is 6.07 Å². The van der Waals surface area contributed by atoms with E-state index in [9.17, 15) is 9.90 Å². The standard InChI is InChI=1S/C14H21N5O2/c1-18-5-2-3-14(13(20)21)4-6-19(8-10(14)18)12-7-11(15)16-9-17-12/h7,9-10H,2-6,8H2,1H3,(H,20,21)(H2,15,16,17)/t10-,14+/m1/s1. The van der Waals surface area contributed by atoms with Crippen molar-refractivity contribution in [1.29, 1.82) is 0 Å². The first-order valence-electron chi connectivity index (χ1n) is 7.29. The monoisotopic (exact) mass is 291 g/mol. The molecule has 0 unspecified atom stereocenters. The van der Waals surface area contributed by atoms with Gasteiger partial charge in [-0.05, 0) is 32.9 Å². The average Bonchev–Trinajstić information content (AvgIpc) is 2.47. The quantitative estimate of drug-likeness (QED) is 0.816. The summed E-state index contributed by atoms with van der Waals surface area (Å²) in [7, 11) is 2.01. The highest BCUT2D eigenvalue weighted by molar-refractivity contribution is 5.76. The number of hydrogen-bond acceptors (Lipinski definition) is 6. The minimum Gasteiger partial charge on any atom is -0.481 e. The van der Waals surface area contributed by atoms with Crippen LogP contribution < -0.4 is 10.6 Å². The number of carbonyl (C=O) groups is 1. The Kier molecular flexibility index (Phi) is 3.44. The predicted octanol–water partition coefficient (Wildman–Crippen LogP) is 0.434. The lowest BCUT2D eigenvalue weighted by Gasteiger charge is -2.52. The molecule has 2 saturated heterocycles. The molecule has 1 aromatic heterocycles. The topological polar surface area (TPSA) is 95.6 Å². The number of rotatable bonds is 2. The van der Waals surface area contributed by atoms with E-state index in [0.717, 1.165) is 25.2 Å². The number of aliphatic carboxylic acids is 1. The van der Waals surface area contributed by atoms with Crippen LogP contribution in [0.5, 0.6) is 0 Å². The van der Waals surface area contributed by atoms with Crippen molar-refractivity contribution in [1.82, 2.24) is 14.9 Å². The third-order valence-corrected chi connectivity index (χ3v) is 4.95. The Morgan fingerprint density at radius 1 is 1.43 bits per heavy atom. The highest BCUT2D eigenvalue weighted by Gasteiger charge is 2.52. The molecule has 3 heterocycles. The SMILES string of the molecule is CN1CCC[C@]2(C(=O)O)CCN(c3cc(N)ncn3)C[C@@H]12. The highest BCUT2D eigenvalue weighted by atomic mass is 16.4. The summed E-state index contributed by atoms with van der Waals surface area (Å²) in [6.07, 6.45) is 3.80. The Morgan fingerprint density at radius 3 is 2.95 bits per heavy atom. The number of likely N-dealkylation sites (tertiary alicyclic amines) is 1. The lowest BCUT2D eigenvalue weighted by molar-refractivity contribution is -0.158. The third-order valence-electron chi connectivity index (χ3n) is 4.95. The maximum atomic E-state index is 11.9. The molecule has 0 aliphatic carbocycles. The number of hydrogen-bond donors (Lipinski definition) is 2. The van der Waals surface area contributed by atoms with Crippen molar-refractivity contribution in [2.24, 2.45) is 5.41 Å². The van der Waals surface area contributed by atoms with Crippen LogP contribution >= 0.6 is 0 Å². The van der Waals surface area contributed by atoms with E-state index in [1.165, 1.54) is 6.33 Å². The van der Waals surface area contributed by atoms with E-state index in [1.807, 2.05) is 7.05 Å². The molecule has 2 fully saturated rings. The zero-order valence-electron chi connectivity index (χ0n) is 12.2. The summed E-state index contributed by atoms with van der Waals surface area (Å²) < 4.78 is 0. The van der Waals surface area contributed by atoms with Crippen LogP contribution in [0.25, 0.3) is 0 Å². The molecule has 7 heteroatoms. The van der Waals surface area contributed by atoms with Crippen LogP contribution in [0, 0.1) is 5.41 Å². The van der Waals surface area contributed by atoms with Gasteiger partial charge in [-0.1, -0.05) is 0 Å². The van der Waals surface area contributed by atoms with Crippen molar-refractivity contribution in [3.8, 4) is 0 Å². The van der Waals surface area contributed by atoms with Gasteiger partial charge in [0.25, 0.3) is 0 Å². The Labute approximate surface area is 123 Å². The number of carboxylic acids is 1. The van der Waals surface area contributed by atoms with Crippen LogP contribution in [0.2, 0.25) is 0 Å². The van der Waals surface area contributed by atoms with Gasteiger partial charge in [0.1, 0.15) is 18.0 Å². The van der Waals surface area contributed by atoms with Crippen molar-refractivity contribution < 1.29 is 9.90 Å². The second-order valence-electron chi connectivity index (χ2n) is 6.06. The van der Waals surface area contributed by atoms with Crippen molar-refractivity contribution in [3.63, 3.8) is 0 Å². The zero-order chi connectivity index (χ0) is 15.0. The molecule has 3 N–H and O–H groups in total. The summed E-state index contributed by atoms with van der Waals surface area (Å²) in [6, 6.07) is 1.75. The first-order chi connectivity index (χ1) is 10.0. The Bertz CT molecular complexity index is 552. The van der Waals surface area contributed by atoms with Crippen LogP contribution in [0.4, 0.5) is 11.6 Å². The second kappa shape index (κ2) is 5.14. The van der Waals surface area contributed by atoms with Crippen molar-refractivity contribution >= 4 is 17.6 Å². The number of carboxylic acid groups (broad SMARTS) is 1.